The van der Waals surface area contributed by atoms with Gasteiger partial charge < -0.3 is 15.0 Å². The minimum absolute atomic E-state index is 0.0226. The van der Waals surface area contributed by atoms with Crippen molar-refractivity contribution in [3.63, 3.8) is 0 Å². The number of pyridine rings is 1. The van der Waals surface area contributed by atoms with E-state index in [0.29, 0.717) is 35.2 Å². The Hall–Kier alpha value is -3.26. The van der Waals surface area contributed by atoms with E-state index in [9.17, 15) is 14.0 Å². The molecule has 0 aliphatic carbocycles. The molecule has 0 radical (unpaired) electrons. The van der Waals surface area contributed by atoms with Crippen molar-refractivity contribution in [3.8, 4) is 11.6 Å². The van der Waals surface area contributed by atoms with E-state index >= 15 is 0 Å². The third kappa shape index (κ3) is 5.27. The molecule has 160 valence electrons. The lowest BCUT2D eigenvalue weighted by atomic mass is 9.97. The highest BCUT2D eigenvalue weighted by atomic mass is 32.1. The molecular weight excluding hydrogens is 417 g/mol. The molecule has 31 heavy (non-hydrogen) atoms. The molecule has 6 nitrogen and oxygen atoms in total. The highest BCUT2D eigenvalue weighted by Gasteiger charge is 2.29. The minimum Gasteiger partial charge on any atom is -0.439 e. The van der Waals surface area contributed by atoms with Crippen LogP contribution in [0.25, 0.3) is 0 Å². The van der Waals surface area contributed by atoms with Crippen LogP contribution in [0.1, 0.15) is 28.1 Å². The van der Waals surface area contributed by atoms with Crippen LogP contribution >= 0.6 is 11.3 Å². The number of ether oxygens (including phenoxy) is 1. The smallest absolute Gasteiger partial charge is 0.263 e. The first-order valence-corrected chi connectivity index (χ1v) is 11.0. The van der Waals surface area contributed by atoms with Gasteiger partial charge in [-0.05, 0) is 42.5 Å². The van der Waals surface area contributed by atoms with Crippen LogP contribution in [-0.2, 0) is 11.3 Å². The Morgan fingerprint density at radius 1 is 1.23 bits per heavy atom. The molecule has 1 aliphatic heterocycles. The van der Waals surface area contributed by atoms with Gasteiger partial charge in [-0.25, -0.2) is 9.37 Å². The Morgan fingerprint density at radius 3 is 2.94 bits per heavy atom. The molecule has 2 amide bonds. The lowest BCUT2D eigenvalue weighted by Crippen LogP contribution is -2.45. The molecule has 1 saturated heterocycles. The van der Waals surface area contributed by atoms with E-state index in [-0.39, 0.29) is 24.3 Å². The second-order valence-electron chi connectivity index (χ2n) is 7.31. The van der Waals surface area contributed by atoms with Gasteiger partial charge in [-0.2, -0.15) is 0 Å². The SMILES string of the molecule is O=C(NCc1cccnc1Oc1cccc(F)c1)[C@@H]1CCCN(C(=O)c2cccs2)C1. The summed E-state index contributed by atoms with van der Waals surface area (Å²) in [6.07, 6.45) is 3.10. The second-order valence-corrected chi connectivity index (χ2v) is 8.26. The predicted octanol–water partition coefficient (Wildman–Crippen LogP) is 4.24. The molecule has 3 heterocycles. The number of likely N-dealkylation sites (tertiary alicyclic amines) is 1. The summed E-state index contributed by atoms with van der Waals surface area (Å²) >= 11 is 1.41. The van der Waals surface area contributed by atoms with Crippen molar-refractivity contribution < 1.29 is 18.7 Å². The molecule has 1 atom stereocenters. The van der Waals surface area contributed by atoms with Crippen LogP contribution in [0.15, 0.2) is 60.1 Å². The predicted molar refractivity (Wildman–Crippen MR) is 116 cm³/mol. The van der Waals surface area contributed by atoms with Crippen molar-refractivity contribution in [1.82, 2.24) is 15.2 Å². The molecule has 1 N–H and O–H groups in total. The average Bonchev–Trinajstić information content (AvgIpc) is 3.33. The molecule has 0 saturated carbocycles. The van der Waals surface area contributed by atoms with E-state index in [1.165, 1.54) is 23.5 Å². The number of hydrogen-bond donors (Lipinski definition) is 1. The first kappa shape index (κ1) is 21.0. The van der Waals surface area contributed by atoms with Crippen molar-refractivity contribution in [1.29, 1.82) is 0 Å². The van der Waals surface area contributed by atoms with Crippen LogP contribution in [-0.4, -0.2) is 34.8 Å². The summed E-state index contributed by atoms with van der Waals surface area (Å²) in [4.78, 5) is 32.0. The molecule has 0 spiro atoms. The van der Waals surface area contributed by atoms with Crippen LogP contribution in [0.3, 0.4) is 0 Å². The lowest BCUT2D eigenvalue weighted by Gasteiger charge is -2.31. The summed E-state index contributed by atoms with van der Waals surface area (Å²) < 4.78 is 19.1. The van der Waals surface area contributed by atoms with E-state index in [1.54, 1.807) is 41.4 Å². The zero-order valence-corrected chi connectivity index (χ0v) is 17.6. The van der Waals surface area contributed by atoms with Gasteiger partial charge >= 0.3 is 0 Å². The van der Waals surface area contributed by atoms with Crippen LogP contribution in [0.4, 0.5) is 4.39 Å². The van der Waals surface area contributed by atoms with E-state index in [0.717, 1.165) is 12.8 Å². The lowest BCUT2D eigenvalue weighted by molar-refractivity contribution is -0.126. The Kier molecular flexibility index (Phi) is 6.57. The van der Waals surface area contributed by atoms with Gasteiger partial charge in [0.15, 0.2) is 0 Å². The van der Waals surface area contributed by atoms with E-state index < -0.39 is 5.82 Å². The van der Waals surface area contributed by atoms with Crippen molar-refractivity contribution in [2.75, 3.05) is 13.1 Å². The Labute approximate surface area is 183 Å². The molecule has 1 aliphatic rings. The maximum atomic E-state index is 13.4. The number of hydrogen-bond acceptors (Lipinski definition) is 5. The highest BCUT2D eigenvalue weighted by Crippen LogP contribution is 2.24. The number of benzene rings is 1. The van der Waals surface area contributed by atoms with Gasteiger partial charge in [0.2, 0.25) is 11.8 Å². The topological polar surface area (TPSA) is 71.5 Å². The number of nitrogens with one attached hydrogen (secondary N) is 1. The van der Waals surface area contributed by atoms with Crippen LogP contribution in [0.5, 0.6) is 11.6 Å². The zero-order chi connectivity index (χ0) is 21.6. The summed E-state index contributed by atoms with van der Waals surface area (Å²) in [5, 5.41) is 4.81. The number of piperidine rings is 1. The van der Waals surface area contributed by atoms with Crippen molar-refractivity contribution >= 4 is 23.2 Å². The van der Waals surface area contributed by atoms with E-state index in [4.69, 9.17) is 4.74 Å². The summed E-state index contributed by atoms with van der Waals surface area (Å²) in [6, 6.07) is 13.0. The van der Waals surface area contributed by atoms with Gasteiger partial charge in [-0.3, -0.25) is 9.59 Å². The molecule has 1 fully saturated rings. The van der Waals surface area contributed by atoms with Crippen molar-refractivity contribution in [3.05, 3.63) is 76.4 Å². The van der Waals surface area contributed by atoms with Crippen molar-refractivity contribution in [2.45, 2.75) is 19.4 Å². The largest absolute Gasteiger partial charge is 0.439 e. The van der Waals surface area contributed by atoms with Crippen molar-refractivity contribution in [2.24, 2.45) is 5.92 Å². The zero-order valence-electron chi connectivity index (χ0n) is 16.8. The summed E-state index contributed by atoms with van der Waals surface area (Å²) in [6.45, 7) is 1.30. The number of thiophene rings is 1. The van der Waals surface area contributed by atoms with Crippen LogP contribution in [0.2, 0.25) is 0 Å². The third-order valence-electron chi connectivity index (χ3n) is 5.12. The molecule has 8 heteroatoms. The molecule has 0 bridgehead atoms. The quantitative estimate of drug-likeness (QED) is 0.624. The summed E-state index contributed by atoms with van der Waals surface area (Å²) in [5.74, 6) is -0.147. The fourth-order valence-electron chi connectivity index (χ4n) is 3.55. The molecule has 3 aromatic rings. The standard InChI is InChI=1S/C23H22FN3O3S/c24-18-7-1-8-19(13-18)30-22-16(5-2-10-25-22)14-26-21(28)17-6-3-11-27(15-17)23(29)20-9-4-12-31-20/h1-2,4-5,7-10,12-13,17H,3,6,11,14-15H2,(H,26,28)/t17-/m1/s1. The highest BCUT2D eigenvalue weighted by molar-refractivity contribution is 7.12. The number of halogens is 1. The number of amides is 2. The monoisotopic (exact) mass is 439 g/mol. The number of carbonyl (C=O) groups is 2. The van der Waals surface area contributed by atoms with Gasteiger partial charge in [0.05, 0.1) is 10.8 Å². The maximum absolute atomic E-state index is 13.4. The Bertz CT molecular complexity index is 1060. The summed E-state index contributed by atoms with van der Waals surface area (Å²) in [5.41, 5.74) is 0.683. The molecule has 0 unspecified atom stereocenters. The minimum atomic E-state index is -0.401. The van der Waals surface area contributed by atoms with Crippen LogP contribution < -0.4 is 10.1 Å². The van der Waals surface area contributed by atoms with Gasteiger partial charge in [-0.1, -0.05) is 18.2 Å². The van der Waals surface area contributed by atoms with E-state index in [2.05, 4.69) is 10.3 Å². The number of nitrogens with zero attached hydrogens (tertiary/aromatic N) is 2. The molecular formula is C23H22FN3O3S. The average molecular weight is 440 g/mol. The Morgan fingerprint density at radius 2 is 2.13 bits per heavy atom. The van der Waals surface area contributed by atoms with E-state index in [1.807, 2.05) is 11.4 Å². The Balaban J connectivity index is 1.37. The normalized spacial score (nSPS) is 16.0. The fourth-order valence-corrected chi connectivity index (χ4v) is 4.24. The summed E-state index contributed by atoms with van der Waals surface area (Å²) in [7, 11) is 0. The first-order valence-electron chi connectivity index (χ1n) is 10.1. The van der Waals surface area contributed by atoms with Gasteiger partial charge in [0.1, 0.15) is 11.6 Å². The number of rotatable bonds is 6. The fraction of sp³-hybridized carbons (Fsp3) is 0.261. The van der Waals surface area contributed by atoms with Gasteiger partial charge in [0.25, 0.3) is 5.91 Å². The molecule has 1 aromatic carbocycles. The van der Waals surface area contributed by atoms with Gasteiger partial charge in [-0.15, -0.1) is 11.3 Å². The maximum Gasteiger partial charge on any atom is 0.263 e. The second kappa shape index (κ2) is 9.70. The molecule has 4 rings (SSSR count). The number of aromatic nitrogens is 1. The van der Waals surface area contributed by atoms with Gasteiger partial charge in [0, 0.05) is 37.5 Å². The number of carbonyl (C=O) groups excluding carboxylic acids is 2. The van der Waals surface area contributed by atoms with Crippen LogP contribution in [0, 0.1) is 11.7 Å². The first-order chi connectivity index (χ1) is 15.1. The molecule has 2 aromatic heterocycles. The third-order valence-corrected chi connectivity index (χ3v) is 5.98.